The van der Waals surface area contributed by atoms with Crippen LogP contribution in [-0.2, 0) is 11.6 Å². The van der Waals surface area contributed by atoms with E-state index >= 15 is 0 Å². The number of nitrogens with zero attached hydrogens (tertiary/aromatic N) is 2. The predicted octanol–water partition coefficient (Wildman–Crippen LogP) is 5.08. The highest BCUT2D eigenvalue weighted by molar-refractivity contribution is 5.94. The molecule has 2 unspecified atom stereocenters. The fraction of sp³-hybridized carbons (Fsp3) is 0.300. The molecule has 1 saturated carbocycles. The standard InChI is InChI=1S/C30H28F3N3O3/c1-29(2)21(35(3)20-14-13-16-9-7-8-12-18(16)24(20)29)15-19-25(37)22(26(19)38)23-27(30(31,32)33)34-36(28(23)39)17-10-5-4-6-11-17/h4-15,19,22,25-26,34,37-38H,1-3H3. The fourth-order valence-electron chi connectivity index (χ4n) is 6.39. The van der Waals surface area contributed by atoms with Crippen LogP contribution in [0.5, 0.6) is 0 Å². The number of halogens is 3. The second kappa shape index (κ2) is 8.59. The molecule has 1 aliphatic heterocycles. The van der Waals surface area contributed by atoms with Crippen LogP contribution in [0.3, 0.4) is 0 Å². The molecule has 0 radical (unpaired) electrons. The Balaban J connectivity index is 1.39. The van der Waals surface area contributed by atoms with Crippen LogP contribution in [0.4, 0.5) is 18.9 Å². The lowest BCUT2D eigenvalue weighted by molar-refractivity contribution is -0.145. The monoisotopic (exact) mass is 535 g/mol. The zero-order valence-electron chi connectivity index (χ0n) is 21.6. The van der Waals surface area contributed by atoms with Crippen LogP contribution in [0.15, 0.2) is 83.3 Å². The second-order valence-corrected chi connectivity index (χ2v) is 10.9. The van der Waals surface area contributed by atoms with E-state index in [-0.39, 0.29) is 5.69 Å². The predicted molar refractivity (Wildman–Crippen MR) is 143 cm³/mol. The number of alkyl halides is 3. The second-order valence-electron chi connectivity index (χ2n) is 10.9. The minimum atomic E-state index is -4.88. The van der Waals surface area contributed by atoms with Crippen molar-refractivity contribution in [3.8, 4) is 5.69 Å². The highest BCUT2D eigenvalue weighted by Crippen LogP contribution is 2.53. The maximum Gasteiger partial charge on any atom is 0.433 e. The van der Waals surface area contributed by atoms with Crippen molar-refractivity contribution in [1.82, 2.24) is 9.78 Å². The van der Waals surface area contributed by atoms with Gasteiger partial charge in [-0.25, -0.2) is 4.68 Å². The minimum Gasteiger partial charge on any atom is -0.392 e. The molecule has 9 heteroatoms. The number of aliphatic hydroxyl groups excluding tert-OH is 2. The summed E-state index contributed by atoms with van der Waals surface area (Å²) in [6, 6.07) is 20.0. The van der Waals surface area contributed by atoms with Crippen LogP contribution in [0.2, 0.25) is 0 Å². The van der Waals surface area contributed by atoms with Gasteiger partial charge in [0.1, 0.15) is 5.69 Å². The van der Waals surface area contributed by atoms with Gasteiger partial charge >= 0.3 is 6.18 Å². The van der Waals surface area contributed by atoms with Crippen LogP contribution in [0, 0.1) is 5.92 Å². The van der Waals surface area contributed by atoms with Crippen molar-refractivity contribution >= 4 is 16.5 Å². The Kier molecular flexibility index (Phi) is 5.61. The van der Waals surface area contributed by atoms with Crippen LogP contribution in [0.25, 0.3) is 16.5 Å². The number of anilines is 1. The van der Waals surface area contributed by atoms with E-state index in [1.807, 2.05) is 42.3 Å². The number of likely N-dealkylation sites (N-methyl/N-ethyl adjacent to an activating group) is 1. The summed E-state index contributed by atoms with van der Waals surface area (Å²) in [6.45, 7) is 4.10. The highest BCUT2D eigenvalue weighted by atomic mass is 19.4. The molecule has 3 aromatic carbocycles. The first-order valence-corrected chi connectivity index (χ1v) is 12.7. The molecule has 0 amide bonds. The lowest BCUT2D eigenvalue weighted by Crippen LogP contribution is -2.54. The van der Waals surface area contributed by atoms with E-state index in [0.29, 0.717) is 0 Å². The first kappa shape index (κ1) is 25.5. The van der Waals surface area contributed by atoms with Crippen molar-refractivity contribution in [2.75, 3.05) is 11.9 Å². The van der Waals surface area contributed by atoms with Crippen molar-refractivity contribution in [3.05, 3.63) is 106 Å². The summed E-state index contributed by atoms with van der Waals surface area (Å²) in [4.78, 5) is 15.2. The number of fused-ring (bicyclic) bond motifs is 3. The van der Waals surface area contributed by atoms with Crippen molar-refractivity contribution in [3.63, 3.8) is 0 Å². The molecule has 1 fully saturated rings. The summed E-state index contributed by atoms with van der Waals surface area (Å²) in [5.41, 5.74) is -0.231. The normalized spacial score (nSPS) is 25.2. The summed E-state index contributed by atoms with van der Waals surface area (Å²) >= 11 is 0. The van der Waals surface area contributed by atoms with E-state index in [4.69, 9.17) is 0 Å². The molecular formula is C30H28F3N3O3. The summed E-state index contributed by atoms with van der Waals surface area (Å²) in [5, 5.41) is 26.6. The molecule has 4 aromatic rings. The molecule has 0 bridgehead atoms. The third-order valence-corrected chi connectivity index (χ3v) is 8.33. The summed E-state index contributed by atoms with van der Waals surface area (Å²) < 4.78 is 42.9. The molecule has 2 atom stereocenters. The van der Waals surface area contributed by atoms with E-state index < -0.39 is 52.5 Å². The first-order valence-electron chi connectivity index (χ1n) is 12.7. The molecule has 6 rings (SSSR count). The Morgan fingerprint density at radius 3 is 2.26 bits per heavy atom. The lowest BCUT2D eigenvalue weighted by Gasteiger charge is -2.45. The molecule has 0 spiro atoms. The molecule has 6 nitrogen and oxygen atoms in total. The van der Waals surface area contributed by atoms with Crippen molar-refractivity contribution in [2.24, 2.45) is 5.92 Å². The van der Waals surface area contributed by atoms with Gasteiger partial charge in [0.05, 0.1) is 23.5 Å². The van der Waals surface area contributed by atoms with Gasteiger partial charge in [-0.1, -0.05) is 68.5 Å². The zero-order chi connectivity index (χ0) is 27.9. The van der Waals surface area contributed by atoms with Gasteiger partial charge in [-0.3, -0.25) is 9.89 Å². The number of aromatic nitrogens is 2. The number of nitrogens with one attached hydrogen (secondary N) is 1. The molecule has 202 valence electrons. The fourth-order valence-corrected chi connectivity index (χ4v) is 6.39. The average molecular weight is 536 g/mol. The molecular weight excluding hydrogens is 507 g/mol. The van der Waals surface area contributed by atoms with E-state index in [9.17, 15) is 28.2 Å². The number of rotatable bonds is 3. The van der Waals surface area contributed by atoms with Gasteiger partial charge in [-0.15, -0.1) is 0 Å². The van der Waals surface area contributed by atoms with Crippen molar-refractivity contribution in [2.45, 2.75) is 43.6 Å². The van der Waals surface area contributed by atoms with E-state index in [1.165, 1.54) is 12.1 Å². The highest BCUT2D eigenvalue weighted by Gasteiger charge is 2.55. The number of benzene rings is 3. The molecule has 0 saturated heterocycles. The molecule has 2 aliphatic rings. The molecule has 2 heterocycles. The SMILES string of the molecule is CN1C(=CC2C(O)C(c3c(C(F)(F)F)[nH]n(-c4ccccc4)c3=O)C2O)C(C)(C)c2c1ccc1ccccc21. The van der Waals surface area contributed by atoms with Gasteiger partial charge in [0.25, 0.3) is 5.56 Å². The Morgan fingerprint density at radius 1 is 0.949 bits per heavy atom. The Hall–Kier alpha value is -3.82. The van der Waals surface area contributed by atoms with Crippen LogP contribution in [0.1, 0.15) is 36.6 Å². The molecule has 1 aromatic heterocycles. The van der Waals surface area contributed by atoms with Crippen LogP contribution in [-0.4, -0.2) is 39.2 Å². The van der Waals surface area contributed by atoms with Gasteiger partial charge in [0, 0.05) is 35.7 Å². The maximum absolute atomic E-state index is 14.0. The topological polar surface area (TPSA) is 81.5 Å². The summed E-state index contributed by atoms with van der Waals surface area (Å²) in [7, 11) is 1.90. The van der Waals surface area contributed by atoms with E-state index in [1.54, 1.807) is 24.3 Å². The molecule has 3 N–H and O–H groups in total. The van der Waals surface area contributed by atoms with Crippen molar-refractivity contribution < 1.29 is 23.4 Å². The maximum atomic E-state index is 14.0. The number of hydrogen-bond donors (Lipinski definition) is 3. The first-order chi connectivity index (χ1) is 18.4. The Morgan fingerprint density at radius 2 is 1.59 bits per heavy atom. The van der Waals surface area contributed by atoms with E-state index in [0.717, 1.165) is 32.4 Å². The Labute approximate surface area is 222 Å². The summed E-state index contributed by atoms with van der Waals surface area (Å²) in [6.07, 6.45) is -5.90. The van der Waals surface area contributed by atoms with Crippen LogP contribution < -0.4 is 10.5 Å². The number of H-pyrrole nitrogens is 1. The van der Waals surface area contributed by atoms with Gasteiger partial charge in [-0.05, 0) is 34.5 Å². The third-order valence-electron chi connectivity index (χ3n) is 8.33. The minimum absolute atomic E-state index is 0.223. The largest absolute Gasteiger partial charge is 0.433 e. The summed E-state index contributed by atoms with van der Waals surface area (Å²) in [5.74, 6) is -2.25. The van der Waals surface area contributed by atoms with Gasteiger partial charge in [0.15, 0.2) is 0 Å². The molecule has 39 heavy (non-hydrogen) atoms. The third kappa shape index (κ3) is 3.67. The van der Waals surface area contributed by atoms with Gasteiger partial charge in [0.2, 0.25) is 0 Å². The Bertz CT molecular complexity index is 1660. The number of allylic oxidation sites excluding steroid dienone is 1. The lowest BCUT2D eigenvalue weighted by atomic mass is 9.64. The number of para-hydroxylation sites is 1. The number of aromatic amines is 1. The van der Waals surface area contributed by atoms with E-state index in [2.05, 4.69) is 25.0 Å². The quantitative estimate of drug-likeness (QED) is 0.342. The number of hydrogen-bond acceptors (Lipinski definition) is 4. The smallest absolute Gasteiger partial charge is 0.392 e. The average Bonchev–Trinajstić information content (AvgIpc) is 3.34. The van der Waals surface area contributed by atoms with Crippen molar-refractivity contribution in [1.29, 1.82) is 0 Å². The molecule has 1 aliphatic carbocycles. The van der Waals surface area contributed by atoms with Gasteiger partial charge < -0.3 is 15.1 Å². The van der Waals surface area contributed by atoms with Gasteiger partial charge in [-0.2, -0.15) is 13.2 Å². The van der Waals surface area contributed by atoms with Crippen LogP contribution >= 0.6 is 0 Å². The number of aliphatic hydroxyl groups is 2. The zero-order valence-corrected chi connectivity index (χ0v) is 21.6.